The van der Waals surface area contributed by atoms with Crippen molar-refractivity contribution in [2.24, 2.45) is 0 Å². The molecule has 9 heteroatoms. The van der Waals surface area contributed by atoms with Crippen LogP contribution in [0.1, 0.15) is 24.0 Å². The number of ether oxygens (including phenoxy) is 1. The first kappa shape index (κ1) is 18.3. The van der Waals surface area contributed by atoms with E-state index in [0.717, 1.165) is 25.0 Å². The van der Waals surface area contributed by atoms with Gasteiger partial charge < -0.3 is 10.1 Å². The molecule has 1 saturated heterocycles. The molecule has 0 unspecified atom stereocenters. The Morgan fingerprint density at radius 3 is 2.89 bits per heavy atom. The van der Waals surface area contributed by atoms with Gasteiger partial charge in [0.15, 0.2) is 11.2 Å². The van der Waals surface area contributed by atoms with E-state index in [1.807, 2.05) is 31.2 Å². The van der Waals surface area contributed by atoms with Crippen molar-refractivity contribution in [3.8, 4) is 0 Å². The van der Waals surface area contributed by atoms with Crippen LogP contribution in [-0.2, 0) is 22.6 Å². The van der Waals surface area contributed by atoms with Crippen molar-refractivity contribution in [1.29, 1.82) is 0 Å². The number of amides is 1. The summed E-state index contributed by atoms with van der Waals surface area (Å²) in [5.74, 6) is -0.259. The number of carbonyl (C=O) groups excluding carboxylic acids is 1. The van der Waals surface area contributed by atoms with Gasteiger partial charge in [0.2, 0.25) is 5.91 Å². The van der Waals surface area contributed by atoms with E-state index < -0.39 is 0 Å². The Bertz CT molecular complexity index is 1030. The molecule has 1 amide bonds. The number of hydrogen-bond acceptors (Lipinski definition) is 6. The van der Waals surface area contributed by atoms with Crippen LogP contribution in [0.25, 0.3) is 11.2 Å². The maximum Gasteiger partial charge on any atom is 0.283 e. The Balaban J connectivity index is 1.47. The standard InChI is InChI=1S/C19H22N6O3/c1-13-4-6-14(7-5-13)10-25-18-17(22-23-25)19(27)24(12-21-18)11-16(26)20-9-15-3-2-8-28-15/h4-7,12,15H,2-3,8-11H2,1H3,(H,20,26)/t15-/m1/s1. The average molecular weight is 382 g/mol. The number of rotatable bonds is 6. The van der Waals surface area contributed by atoms with Crippen molar-refractivity contribution < 1.29 is 9.53 Å². The van der Waals surface area contributed by atoms with Gasteiger partial charge in [0, 0.05) is 13.2 Å². The molecule has 1 aliphatic rings. The van der Waals surface area contributed by atoms with Crippen LogP contribution in [0.5, 0.6) is 0 Å². The zero-order valence-electron chi connectivity index (χ0n) is 15.7. The van der Waals surface area contributed by atoms with Crippen LogP contribution in [0.2, 0.25) is 0 Å². The number of aryl methyl sites for hydroxylation is 1. The van der Waals surface area contributed by atoms with Crippen LogP contribution in [0.4, 0.5) is 0 Å². The Morgan fingerprint density at radius 2 is 2.14 bits per heavy atom. The fraction of sp³-hybridized carbons (Fsp3) is 0.421. The van der Waals surface area contributed by atoms with Crippen LogP contribution < -0.4 is 10.9 Å². The molecule has 28 heavy (non-hydrogen) atoms. The number of nitrogens with one attached hydrogen (secondary N) is 1. The second kappa shape index (κ2) is 7.89. The number of benzene rings is 1. The van der Waals surface area contributed by atoms with Gasteiger partial charge in [-0.15, -0.1) is 5.10 Å². The molecule has 3 aromatic rings. The highest BCUT2D eigenvalue weighted by Gasteiger charge is 2.17. The van der Waals surface area contributed by atoms with Crippen molar-refractivity contribution in [1.82, 2.24) is 29.9 Å². The van der Waals surface area contributed by atoms with E-state index >= 15 is 0 Å². The normalized spacial score (nSPS) is 16.5. The first-order valence-corrected chi connectivity index (χ1v) is 9.32. The Kier molecular flexibility index (Phi) is 5.16. The van der Waals surface area contributed by atoms with Gasteiger partial charge in [-0.3, -0.25) is 14.2 Å². The summed E-state index contributed by atoms with van der Waals surface area (Å²) in [6.45, 7) is 3.57. The highest BCUT2D eigenvalue weighted by Crippen LogP contribution is 2.11. The van der Waals surface area contributed by atoms with Gasteiger partial charge in [-0.25, -0.2) is 9.67 Å². The predicted molar refractivity (Wildman–Crippen MR) is 102 cm³/mol. The Hall–Kier alpha value is -3.07. The summed E-state index contributed by atoms with van der Waals surface area (Å²) in [6.07, 6.45) is 3.38. The molecule has 4 rings (SSSR count). The van der Waals surface area contributed by atoms with E-state index in [1.165, 1.54) is 16.5 Å². The minimum absolute atomic E-state index is 0.0583. The summed E-state index contributed by atoms with van der Waals surface area (Å²) in [4.78, 5) is 29.1. The van der Waals surface area contributed by atoms with Gasteiger partial charge in [-0.2, -0.15) is 0 Å². The molecule has 1 atom stereocenters. The van der Waals surface area contributed by atoms with E-state index in [4.69, 9.17) is 4.74 Å². The van der Waals surface area contributed by atoms with Crippen LogP contribution in [0, 0.1) is 6.92 Å². The van der Waals surface area contributed by atoms with E-state index in [1.54, 1.807) is 4.68 Å². The van der Waals surface area contributed by atoms with Crippen molar-refractivity contribution in [2.75, 3.05) is 13.2 Å². The molecule has 146 valence electrons. The minimum Gasteiger partial charge on any atom is -0.376 e. The first-order valence-electron chi connectivity index (χ1n) is 9.32. The molecular formula is C19H22N6O3. The molecule has 0 spiro atoms. The van der Waals surface area contributed by atoms with Crippen molar-refractivity contribution >= 4 is 17.1 Å². The molecule has 9 nitrogen and oxygen atoms in total. The summed E-state index contributed by atoms with van der Waals surface area (Å²) < 4.78 is 8.31. The SMILES string of the molecule is Cc1ccc(Cn2nnc3c(=O)n(CC(=O)NC[C@H]4CCCO4)cnc32)cc1. The zero-order valence-corrected chi connectivity index (χ0v) is 15.7. The van der Waals surface area contributed by atoms with Crippen LogP contribution >= 0.6 is 0 Å². The third-order valence-electron chi connectivity index (χ3n) is 4.81. The van der Waals surface area contributed by atoms with Crippen LogP contribution in [0.15, 0.2) is 35.4 Å². The van der Waals surface area contributed by atoms with Crippen molar-refractivity contribution in [3.63, 3.8) is 0 Å². The topological polar surface area (TPSA) is 104 Å². The maximum atomic E-state index is 12.6. The average Bonchev–Trinajstić information content (AvgIpc) is 3.35. The minimum atomic E-state index is -0.382. The highest BCUT2D eigenvalue weighted by atomic mass is 16.5. The van der Waals surface area contributed by atoms with E-state index in [-0.39, 0.29) is 29.6 Å². The summed E-state index contributed by atoms with van der Waals surface area (Å²) in [6, 6.07) is 8.04. The monoisotopic (exact) mass is 382 g/mol. The van der Waals surface area contributed by atoms with Gasteiger partial charge in [-0.05, 0) is 25.3 Å². The largest absolute Gasteiger partial charge is 0.376 e. The highest BCUT2D eigenvalue weighted by molar-refractivity contribution is 5.76. The second-order valence-corrected chi connectivity index (χ2v) is 7.02. The number of nitrogens with zero attached hydrogens (tertiary/aromatic N) is 5. The molecule has 3 heterocycles. The lowest BCUT2D eigenvalue weighted by atomic mass is 10.1. The lowest BCUT2D eigenvalue weighted by molar-refractivity contribution is -0.122. The molecule has 2 aromatic heterocycles. The van der Waals surface area contributed by atoms with Gasteiger partial charge in [0.05, 0.1) is 12.6 Å². The summed E-state index contributed by atoms with van der Waals surface area (Å²) in [5, 5.41) is 10.8. The lowest BCUT2D eigenvalue weighted by Crippen LogP contribution is -2.36. The quantitative estimate of drug-likeness (QED) is 0.671. The molecular weight excluding hydrogens is 360 g/mol. The van der Waals surface area contributed by atoms with Gasteiger partial charge in [0.1, 0.15) is 12.9 Å². The van der Waals surface area contributed by atoms with E-state index in [2.05, 4.69) is 20.6 Å². The molecule has 0 bridgehead atoms. The number of fused-ring (bicyclic) bond motifs is 1. The Labute approximate surface area is 161 Å². The third kappa shape index (κ3) is 3.94. The molecule has 1 aliphatic heterocycles. The molecule has 0 radical (unpaired) electrons. The maximum absolute atomic E-state index is 12.6. The molecule has 1 fully saturated rings. The fourth-order valence-electron chi connectivity index (χ4n) is 3.22. The van der Waals surface area contributed by atoms with Crippen LogP contribution in [0.3, 0.4) is 0 Å². The van der Waals surface area contributed by atoms with Crippen LogP contribution in [-0.4, -0.2) is 49.7 Å². The van der Waals surface area contributed by atoms with Crippen molar-refractivity contribution in [3.05, 3.63) is 52.1 Å². The molecule has 0 saturated carbocycles. The summed E-state index contributed by atoms with van der Waals surface area (Å²) in [7, 11) is 0. The first-order chi connectivity index (χ1) is 13.6. The number of aromatic nitrogens is 5. The third-order valence-corrected chi connectivity index (χ3v) is 4.81. The molecule has 0 aliphatic carbocycles. The van der Waals surface area contributed by atoms with Crippen molar-refractivity contribution in [2.45, 2.75) is 39.0 Å². The second-order valence-electron chi connectivity index (χ2n) is 7.02. The van der Waals surface area contributed by atoms with Gasteiger partial charge in [0.25, 0.3) is 5.56 Å². The summed E-state index contributed by atoms with van der Waals surface area (Å²) >= 11 is 0. The molecule has 1 aromatic carbocycles. The van der Waals surface area contributed by atoms with E-state index in [0.29, 0.717) is 18.7 Å². The van der Waals surface area contributed by atoms with Gasteiger partial charge in [-0.1, -0.05) is 35.0 Å². The number of hydrogen-bond donors (Lipinski definition) is 1. The summed E-state index contributed by atoms with van der Waals surface area (Å²) in [5.41, 5.74) is 2.39. The zero-order chi connectivity index (χ0) is 19.5. The smallest absolute Gasteiger partial charge is 0.283 e. The van der Waals surface area contributed by atoms with Gasteiger partial charge >= 0.3 is 0 Å². The number of carbonyl (C=O) groups is 1. The predicted octanol–water partition coefficient (Wildman–Crippen LogP) is 0.640. The Morgan fingerprint density at radius 1 is 1.32 bits per heavy atom. The van der Waals surface area contributed by atoms with E-state index in [9.17, 15) is 9.59 Å². The lowest BCUT2D eigenvalue weighted by Gasteiger charge is -2.11. The molecule has 1 N–H and O–H groups in total. The fourth-order valence-corrected chi connectivity index (χ4v) is 3.22.